The Balaban J connectivity index is 2.46. The van der Waals surface area contributed by atoms with Crippen LogP contribution in [0.5, 0.6) is 0 Å². The van der Waals surface area contributed by atoms with Gasteiger partial charge in [-0.15, -0.1) is 0 Å². The molecule has 0 aliphatic carbocycles. The molecule has 0 saturated carbocycles. The second-order valence-corrected chi connectivity index (χ2v) is 3.65. The van der Waals surface area contributed by atoms with Gasteiger partial charge in [0, 0.05) is 12.4 Å². The van der Waals surface area contributed by atoms with Crippen LogP contribution < -0.4 is 0 Å². The molecule has 3 nitrogen and oxygen atoms in total. The number of hydrogen-bond donors (Lipinski definition) is 1. The molecule has 0 aliphatic heterocycles. The maximum atomic E-state index is 13.0. The zero-order valence-corrected chi connectivity index (χ0v) is 9.38. The van der Waals surface area contributed by atoms with Crippen LogP contribution in [0.4, 0.5) is 4.39 Å². The lowest BCUT2D eigenvalue weighted by Gasteiger charge is -2.02. The Morgan fingerprint density at radius 2 is 1.94 bits per heavy atom. The van der Waals surface area contributed by atoms with Crippen molar-refractivity contribution < 1.29 is 14.3 Å². The summed E-state index contributed by atoms with van der Waals surface area (Å²) >= 11 is 0. The highest BCUT2D eigenvalue weighted by molar-refractivity contribution is 6.20. The second-order valence-electron chi connectivity index (χ2n) is 3.65. The molecule has 0 unspecified atom stereocenters. The van der Waals surface area contributed by atoms with Crippen molar-refractivity contribution in [3.63, 3.8) is 0 Å². The van der Waals surface area contributed by atoms with Crippen LogP contribution >= 0.6 is 0 Å². The molecule has 4 heteroatoms. The number of hydrogen-bond acceptors (Lipinski definition) is 2. The Morgan fingerprint density at radius 3 is 2.56 bits per heavy atom. The molecular formula is C14H10FNO2. The van der Waals surface area contributed by atoms with E-state index in [0.717, 1.165) is 0 Å². The number of pyridine rings is 1. The van der Waals surface area contributed by atoms with E-state index in [4.69, 9.17) is 0 Å². The van der Waals surface area contributed by atoms with Gasteiger partial charge in [0.25, 0.3) is 0 Å². The minimum absolute atomic E-state index is 0.100. The molecule has 0 radical (unpaired) electrons. The predicted molar refractivity (Wildman–Crippen MR) is 66.1 cm³/mol. The van der Waals surface area contributed by atoms with E-state index < -0.39 is 11.8 Å². The Labute approximate surface area is 103 Å². The van der Waals surface area contributed by atoms with Crippen molar-refractivity contribution in [1.29, 1.82) is 0 Å². The summed E-state index contributed by atoms with van der Waals surface area (Å²) in [4.78, 5) is 15.0. The second kappa shape index (κ2) is 5.23. The van der Waals surface area contributed by atoms with Crippen LogP contribution in [0.3, 0.4) is 0 Å². The van der Waals surface area contributed by atoms with E-state index in [1.807, 2.05) is 0 Å². The molecule has 0 spiro atoms. The third-order valence-corrected chi connectivity index (χ3v) is 2.38. The number of halogens is 1. The van der Waals surface area contributed by atoms with Crippen molar-refractivity contribution in [2.75, 3.05) is 0 Å². The number of rotatable bonds is 3. The average molecular weight is 243 g/mol. The number of nitrogens with zero attached hydrogens (tertiary/aromatic N) is 1. The molecule has 0 bridgehead atoms. The normalized spacial score (nSPS) is 11.3. The topological polar surface area (TPSA) is 50.2 Å². The number of aromatic nitrogens is 1. The van der Waals surface area contributed by atoms with Gasteiger partial charge in [-0.25, -0.2) is 9.18 Å². The van der Waals surface area contributed by atoms with Crippen molar-refractivity contribution in [3.8, 4) is 0 Å². The standard InChI is InChI=1S/C14H10FNO2/c15-12-3-1-2-10(8-12)9-13(14(17)18)11-4-6-16-7-5-11/h1-9H,(H,17,18). The number of carbonyl (C=O) groups is 1. The Bertz CT molecular complexity index is 594. The van der Waals surface area contributed by atoms with Gasteiger partial charge in [0.2, 0.25) is 0 Å². The fourth-order valence-corrected chi connectivity index (χ4v) is 1.56. The molecule has 1 aromatic heterocycles. The van der Waals surface area contributed by atoms with E-state index in [-0.39, 0.29) is 5.57 Å². The van der Waals surface area contributed by atoms with Crippen molar-refractivity contribution in [2.24, 2.45) is 0 Å². The Morgan fingerprint density at radius 1 is 1.22 bits per heavy atom. The zero-order valence-electron chi connectivity index (χ0n) is 9.38. The lowest BCUT2D eigenvalue weighted by molar-refractivity contribution is -0.130. The summed E-state index contributed by atoms with van der Waals surface area (Å²) in [5.41, 5.74) is 1.13. The maximum Gasteiger partial charge on any atom is 0.336 e. The summed E-state index contributed by atoms with van der Waals surface area (Å²) in [5.74, 6) is -1.46. The van der Waals surface area contributed by atoms with Crippen LogP contribution in [-0.2, 0) is 4.79 Å². The lowest BCUT2D eigenvalue weighted by atomic mass is 10.0. The van der Waals surface area contributed by atoms with Gasteiger partial charge in [-0.2, -0.15) is 0 Å². The first-order chi connectivity index (χ1) is 8.66. The van der Waals surface area contributed by atoms with Crippen molar-refractivity contribution in [2.45, 2.75) is 0 Å². The number of benzene rings is 1. The van der Waals surface area contributed by atoms with Crippen LogP contribution in [-0.4, -0.2) is 16.1 Å². The van der Waals surface area contributed by atoms with Gasteiger partial charge in [-0.05, 0) is 41.5 Å². The number of aliphatic carboxylic acids is 1. The Hall–Kier alpha value is -2.49. The van der Waals surface area contributed by atoms with Crippen LogP contribution in [0.25, 0.3) is 11.6 Å². The van der Waals surface area contributed by atoms with Gasteiger partial charge >= 0.3 is 5.97 Å². The molecule has 1 heterocycles. The van der Waals surface area contributed by atoms with Gasteiger partial charge in [-0.3, -0.25) is 4.98 Å². The Kier molecular flexibility index (Phi) is 3.48. The average Bonchev–Trinajstić information content (AvgIpc) is 2.37. The van der Waals surface area contributed by atoms with E-state index in [1.54, 1.807) is 18.2 Å². The highest BCUT2D eigenvalue weighted by Gasteiger charge is 2.10. The number of carboxylic acid groups (broad SMARTS) is 1. The molecule has 0 saturated heterocycles. The highest BCUT2D eigenvalue weighted by atomic mass is 19.1. The summed E-state index contributed by atoms with van der Waals surface area (Å²) in [7, 11) is 0. The minimum Gasteiger partial charge on any atom is -0.478 e. The van der Waals surface area contributed by atoms with Crippen LogP contribution in [0, 0.1) is 5.82 Å². The minimum atomic E-state index is -1.06. The van der Waals surface area contributed by atoms with E-state index in [2.05, 4.69) is 4.98 Å². The lowest BCUT2D eigenvalue weighted by Crippen LogP contribution is -1.99. The first-order valence-electron chi connectivity index (χ1n) is 5.28. The number of carboxylic acids is 1. The molecule has 0 atom stereocenters. The van der Waals surface area contributed by atoms with Crippen LogP contribution in [0.1, 0.15) is 11.1 Å². The fourth-order valence-electron chi connectivity index (χ4n) is 1.56. The molecule has 2 rings (SSSR count). The summed E-state index contributed by atoms with van der Waals surface area (Å²) in [6.45, 7) is 0. The van der Waals surface area contributed by atoms with Crippen LogP contribution in [0.2, 0.25) is 0 Å². The third-order valence-electron chi connectivity index (χ3n) is 2.38. The molecular weight excluding hydrogens is 233 g/mol. The molecule has 18 heavy (non-hydrogen) atoms. The molecule has 0 amide bonds. The maximum absolute atomic E-state index is 13.0. The van der Waals surface area contributed by atoms with E-state index in [1.165, 1.54) is 36.7 Å². The molecule has 2 aromatic rings. The first-order valence-corrected chi connectivity index (χ1v) is 5.28. The molecule has 0 aliphatic rings. The smallest absolute Gasteiger partial charge is 0.336 e. The molecule has 1 aromatic carbocycles. The van der Waals surface area contributed by atoms with Gasteiger partial charge in [0.15, 0.2) is 0 Å². The molecule has 0 fully saturated rings. The molecule has 90 valence electrons. The van der Waals surface area contributed by atoms with Gasteiger partial charge in [0.05, 0.1) is 5.57 Å². The van der Waals surface area contributed by atoms with Gasteiger partial charge in [-0.1, -0.05) is 12.1 Å². The third kappa shape index (κ3) is 2.79. The first kappa shape index (κ1) is 12.0. The fraction of sp³-hybridized carbons (Fsp3) is 0. The summed E-state index contributed by atoms with van der Waals surface area (Å²) in [6.07, 6.45) is 4.45. The van der Waals surface area contributed by atoms with Crippen molar-refractivity contribution in [1.82, 2.24) is 4.98 Å². The SMILES string of the molecule is O=C(O)C(=Cc1cccc(F)c1)c1ccncc1. The summed E-state index contributed by atoms with van der Waals surface area (Å²) < 4.78 is 13.0. The van der Waals surface area contributed by atoms with Crippen molar-refractivity contribution >= 4 is 17.6 Å². The van der Waals surface area contributed by atoms with Gasteiger partial charge in [0.1, 0.15) is 5.82 Å². The van der Waals surface area contributed by atoms with E-state index in [9.17, 15) is 14.3 Å². The molecule has 1 N–H and O–H groups in total. The van der Waals surface area contributed by atoms with E-state index >= 15 is 0 Å². The zero-order chi connectivity index (χ0) is 13.0. The van der Waals surface area contributed by atoms with Gasteiger partial charge < -0.3 is 5.11 Å². The quantitative estimate of drug-likeness (QED) is 0.843. The van der Waals surface area contributed by atoms with E-state index in [0.29, 0.717) is 11.1 Å². The monoisotopic (exact) mass is 243 g/mol. The highest BCUT2D eigenvalue weighted by Crippen LogP contribution is 2.18. The summed E-state index contributed by atoms with van der Waals surface area (Å²) in [6, 6.07) is 8.97. The van der Waals surface area contributed by atoms with Crippen molar-refractivity contribution in [3.05, 3.63) is 65.7 Å². The predicted octanol–water partition coefficient (Wildman–Crippen LogP) is 2.85. The largest absolute Gasteiger partial charge is 0.478 e. The van der Waals surface area contributed by atoms with Crippen LogP contribution in [0.15, 0.2) is 48.8 Å². The summed E-state index contributed by atoms with van der Waals surface area (Å²) in [5, 5.41) is 9.17.